The number of carbonyl (C=O) groups is 7. The number of nitro groups is 1. The fourth-order valence-electron chi connectivity index (χ4n) is 7.41. The van der Waals surface area contributed by atoms with Gasteiger partial charge in [0, 0.05) is 44.5 Å². The molecule has 2 aliphatic rings. The maximum atomic E-state index is 13.9. The van der Waals surface area contributed by atoms with Crippen LogP contribution in [-0.4, -0.2) is 149 Å². The lowest BCUT2D eigenvalue weighted by Gasteiger charge is -2.33. The molecule has 4 amide bonds. The van der Waals surface area contributed by atoms with E-state index in [-0.39, 0.29) is 88.1 Å². The first kappa shape index (κ1) is 64.2. The quantitative estimate of drug-likeness (QED) is 0.0267. The number of carboxylic acids is 1. The lowest BCUT2D eigenvalue weighted by atomic mass is 9.94. The summed E-state index contributed by atoms with van der Waals surface area (Å²) in [7, 11) is 0. The van der Waals surface area contributed by atoms with E-state index in [0.717, 1.165) is 12.1 Å². The predicted octanol–water partition coefficient (Wildman–Crippen LogP) is 4.39. The summed E-state index contributed by atoms with van der Waals surface area (Å²) in [5.74, 6) is -4.45. The topological polar surface area (TPSA) is 341 Å². The maximum Gasteiger partial charge on any atom is 0.311 e. The summed E-state index contributed by atoms with van der Waals surface area (Å²) in [6.07, 6.45) is 0.220. The third-order valence-corrected chi connectivity index (χ3v) is 11.5. The van der Waals surface area contributed by atoms with Crippen LogP contribution in [0.3, 0.4) is 0 Å². The number of imide groups is 1. The van der Waals surface area contributed by atoms with Crippen molar-refractivity contribution in [1.82, 2.24) is 25.2 Å². The molecule has 0 spiro atoms. The second kappa shape index (κ2) is 30.5. The molecule has 2 aromatic carbocycles. The van der Waals surface area contributed by atoms with Gasteiger partial charge < -0.3 is 50.0 Å². The summed E-state index contributed by atoms with van der Waals surface area (Å²) in [6.45, 7) is 18.3. The Balaban J connectivity index is 0.00000131. The van der Waals surface area contributed by atoms with E-state index in [9.17, 15) is 44.0 Å². The Morgan fingerprint density at radius 1 is 1.01 bits per heavy atom. The molecule has 4 atom stereocenters. The molecule has 1 aromatic heterocycles. The van der Waals surface area contributed by atoms with Crippen molar-refractivity contribution in [3.05, 3.63) is 75.6 Å². The maximum absolute atomic E-state index is 13.9. The van der Waals surface area contributed by atoms with Crippen LogP contribution in [0.1, 0.15) is 118 Å². The minimum Gasteiger partial charge on any atom is -0.502 e. The van der Waals surface area contributed by atoms with Gasteiger partial charge in [-0.3, -0.25) is 53.3 Å². The van der Waals surface area contributed by atoms with E-state index in [1.807, 2.05) is 27.7 Å². The van der Waals surface area contributed by atoms with Crippen molar-refractivity contribution in [2.24, 2.45) is 17.8 Å². The second-order valence-electron chi connectivity index (χ2n) is 19.6. The smallest absolute Gasteiger partial charge is 0.311 e. The van der Waals surface area contributed by atoms with Crippen LogP contribution in [0.4, 0.5) is 11.4 Å². The molecule has 24 heteroatoms. The van der Waals surface area contributed by atoms with Gasteiger partial charge in [0.25, 0.3) is 6.47 Å². The number of aliphatic hydroxyl groups excluding tert-OH is 2. The second-order valence-corrected chi connectivity index (χ2v) is 19.6. The SMILES string of the molecule is CC.CC(C)C(=O)OC(Cc1cn(CCN(CC(=O)NC(C)(C)COC(C)(C)CCC(=O)O)C(=O)Cc2ccc(N3C(=O)CC(C(C)C)C3=O)cc2)nn1)c1ccc(O)c([N+](=O)[O-])c1.O=CO.OC1COCC(O)C1. The van der Waals surface area contributed by atoms with E-state index in [1.54, 1.807) is 72.0 Å². The number of nitrogens with zero attached hydrogens (tertiary/aromatic N) is 6. The largest absolute Gasteiger partial charge is 0.502 e. The van der Waals surface area contributed by atoms with E-state index in [0.29, 0.717) is 36.6 Å². The molecular weight excluding hydrogens is 983 g/mol. The van der Waals surface area contributed by atoms with Crippen LogP contribution in [0.2, 0.25) is 0 Å². The molecule has 0 saturated carbocycles. The molecule has 0 bridgehead atoms. The molecule has 3 heterocycles. The van der Waals surface area contributed by atoms with Crippen molar-refractivity contribution in [3.63, 3.8) is 0 Å². The van der Waals surface area contributed by atoms with Gasteiger partial charge in [-0.2, -0.15) is 0 Å². The van der Waals surface area contributed by atoms with Crippen molar-refractivity contribution >= 4 is 53.4 Å². The molecule has 0 aliphatic carbocycles. The Bertz CT molecular complexity index is 2360. The molecule has 24 nitrogen and oxygen atoms in total. The molecular formula is C51H75N7O17. The number of benzene rings is 2. The standard InChI is InChI=1S/C43H57N7O12.C5H10O3.C2H6.CH2O2/c1-26(2)32-22-38(54)49(40(32)57)31-12-9-28(10-13-31)19-37(53)47(24-36(52)44-42(5,6)25-61-43(7,8)16-15-39(55)56)17-18-48-23-30(45-46-48)21-35(62-41(58)27(3)4)29-11-14-34(51)33(20-29)50(59)60;6-4-1-5(7)3-8-2-4;1-2;2-1-3/h9-14,20,23,26-27,32,35,51H,15-19,21-22,24-25H2,1-8H3,(H,44,52)(H,55,56);4-7H,1-3H2;1-2H3;1H,(H,2,3). The van der Waals surface area contributed by atoms with Crippen LogP contribution in [0.15, 0.2) is 48.7 Å². The van der Waals surface area contributed by atoms with E-state index in [1.165, 1.54) is 20.5 Å². The highest BCUT2D eigenvalue weighted by Gasteiger charge is 2.41. The molecule has 3 aromatic rings. The number of carboxylic acid groups (broad SMARTS) is 2. The number of amides is 4. The van der Waals surface area contributed by atoms with Gasteiger partial charge in [-0.25, -0.2) is 0 Å². The number of phenolic OH excluding ortho intramolecular Hbond substituents is 1. The number of esters is 1. The summed E-state index contributed by atoms with van der Waals surface area (Å²) >= 11 is 0. The molecule has 2 fully saturated rings. The normalized spacial score (nSPS) is 16.8. The third-order valence-electron chi connectivity index (χ3n) is 11.5. The first-order valence-corrected chi connectivity index (χ1v) is 24.6. The van der Waals surface area contributed by atoms with E-state index in [2.05, 4.69) is 15.6 Å². The van der Waals surface area contributed by atoms with Gasteiger partial charge >= 0.3 is 17.6 Å². The Labute approximate surface area is 436 Å². The molecule has 2 saturated heterocycles. The van der Waals surface area contributed by atoms with E-state index < -0.39 is 81.4 Å². The Morgan fingerprint density at radius 2 is 1.63 bits per heavy atom. The van der Waals surface area contributed by atoms with Crippen molar-refractivity contribution in [3.8, 4) is 5.75 Å². The zero-order valence-electron chi connectivity index (χ0n) is 44.5. The highest BCUT2D eigenvalue weighted by atomic mass is 16.6. The summed E-state index contributed by atoms with van der Waals surface area (Å²) < 4.78 is 17.9. The van der Waals surface area contributed by atoms with E-state index >= 15 is 0 Å². The minimum atomic E-state index is -1.02. The predicted molar refractivity (Wildman–Crippen MR) is 271 cm³/mol. The number of aliphatic carboxylic acids is 1. The highest BCUT2D eigenvalue weighted by molar-refractivity contribution is 6.21. The number of anilines is 1. The molecule has 416 valence electrons. The first-order chi connectivity index (χ1) is 35.1. The number of hydrogen-bond acceptors (Lipinski definition) is 17. The number of nitro benzene ring substituents is 1. The van der Waals surface area contributed by atoms with Gasteiger partial charge in [0.05, 0.1) is 90.8 Å². The average molecular weight is 1060 g/mol. The van der Waals surface area contributed by atoms with Crippen LogP contribution in [0, 0.1) is 27.9 Å². The summed E-state index contributed by atoms with van der Waals surface area (Å²) in [4.78, 5) is 98.6. The lowest BCUT2D eigenvalue weighted by Crippen LogP contribution is -2.52. The van der Waals surface area contributed by atoms with Crippen LogP contribution < -0.4 is 10.2 Å². The zero-order chi connectivity index (χ0) is 56.8. The molecule has 5 rings (SSSR count). The molecule has 4 unspecified atom stereocenters. The number of hydrogen-bond donors (Lipinski definition) is 6. The average Bonchev–Trinajstić information content (AvgIpc) is 3.91. The molecule has 75 heavy (non-hydrogen) atoms. The number of ether oxygens (including phenoxy) is 3. The van der Waals surface area contributed by atoms with Crippen LogP contribution in [0.5, 0.6) is 5.75 Å². The molecule has 0 radical (unpaired) electrons. The first-order valence-electron chi connectivity index (χ1n) is 24.6. The van der Waals surface area contributed by atoms with Crippen LogP contribution >= 0.6 is 0 Å². The number of phenols is 1. The summed E-state index contributed by atoms with van der Waals surface area (Å²) in [5.41, 5.74) is -0.676. The van der Waals surface area contributed by atoms with Gasteiger partial charge in [-0.15, -0.1) is 5.10 Å². The number of aromatic hydroxyl groups is 1. The molecule has 6 N–H and O–H groups in total. The van der Waals surface area contributed by atoms with Gasteiger partial charge in [-0.05, 0) is 69.4 Å². The van der Waals surface area contributed by atoms with Crippen LogP contribution in [-0.2, 0) is 67.2 Å². The van der Waals surface area contributed by atoms with Crippen molar-refractivity contribution in [1.29, 1.82) is 0 Å². The monoisotopic (exact) mass is 1060 g/mol. The van der Waals surface area contributed by atoms with Gasteiger partial charge in [0.1, 0.15) is 6.10 Å². The summed E-state index contributed by atoms with van der Waals surface area (Å²) in [5, 5.41) is 66.4. The number of nitrogens with one attached hydrogen (secondary N) is 1. The molecule has 2 aliphatic heterocycles. The summed E-state index contributed by atoms with van der Waals surface area (Å²) in [6, 6.07) is 10.2. The fraction of sp³-hybridized carbons (Fsp3) is 0.588. The van der Waals surface area contributed by atoms with Gasteiger partial charge in [0.2, 0.25) is 23.6 Å². The number of carbonyl (C=O) groups excluding carboxylic acids is 5. The highest BCUT2D eigenvalue weighted by Crippen LogP contribution is 2.33. The lowest BCUT2D eigenvalue weighted by molar-refractivity contribution is -0.386. The number of aliphatic hydroxyl groups is 2. The third kappa shape index (κ3) is 21.8. The Kier molecular flexibility index (Phi) is 26.1. The number of aromatic nitrogens is 3. The van der Waals surface area contributed by atoms with E-state index in [4.69, 9.17) is 39.4 Å². The minimum absolute atomic E-state index is 0.00239. The fourth-order valence-corrected chi connectivity index (χ4v) is 7.41. The van der Waals surface area contributed by atoms with Crippen molar-refractivity contribution < 1.29 is 78.2 Å². The number of rotatable bonds is 22. The van der Waals surface area contributed by atoms with Gasteiger partial charge in [0.15, 0.2) is 5.75 Å². The zero-order valence-corrected chi connectivity index (χ0v) is 44.5. The van der Waals surface area contributed by atoms with Crippen LogP contribution in [0.25, 0.3) is 0 Å². The van der Waals surface area contributed by atoms with Crippen molar-refractivity contribution in [2.45, 2.75) is 144 Å². The van der Waals surface area contributed by atoms with Crippen molar-refractivity contribution in [2.75, 3.05) is 37.8 Å². The van der Waals surface area contributed by atoms with Gasteiger partial charge in [-0.1, -0.05) is 65.0 Å². The Morgan fingerprint density at radius 3 is 2.15 bits per heavy atom. The Hall–Kier alpha value is -6.89.